The third kappa shape index (κ3) is 8.03. The zero-order valence-electron chi connectivity index (χ0n) is 23.6. The minimum Gasteiger partial charge on any atom is -0.618 e. The molecule has 2 N–H and O–H groups in total. The van der Waals surface area contributed by atoms with E-state index in [1.54, 1.807) is 12.1 Å². The predicted octanol–water partition coefficient (Wildman–Crippen LogP) is 6.23. The van der Waals surface area contributed by atoms with Gasteiger partial charge in [-0.05, 0) is 33.9 Å². The molecule has 1 aliphatic heterocycles. The van der Waals surface area contributed by atoms with E-state index in [-0.39, 0.29) is 25.4 Å². The zero-order valence-corrected chi connectivity index (χ0v) is 24.5. The Balaban J connectivity index is 1.33. The molecule has 4 aromatic rings. The second kappa shape index (κ2) is 14.8. The van der Waals surface area contributed by atoms with Crippen LogP contribution in [0.5, 0.6) is 0 Å². The number of nitrogens with one attached hydrogen (secondary N) is 1. The lowest BCUT2D eigenvalue weighted by Crippen LogP contribution is -2.32. The van der Waals surface area contributed by atoms with Crippen molar-refractivity contribution >= 4 is 17.9 Å². The fourth-order valence-electron chi connectivity index (χ4n) is 4.85. The van der Waals surface area contributed by atoms with Crippen molar-refractivity contribution in [3.05, 3.63) is 137 Å². The molecule has 5 rings (SSSR count). The maximum absolute atomic E-state index is 12.2. The van der Waals surface area contributed by atoms with Crippen LogP contribution in [0.15, 0.2) is 115 Å². The number of hydrogen-bond donors (Lipinski definition) is 2. The molecule has 0 saturated carbocycles. The fourth-order valence-corrected chi connectivity index (χ4v) is 5.79. The molecule has 0 aliphatic carbocycles. The number of nitrogens with zero attached hydrogens (tertiary/aromatic N) is 1. The van der Waals surface area contributed by atoms with E-state index in [1.165, 1.54) is 24.0 Å². The topological polar surface area (TPSA) is 104 Å². The van der Waals surface area contributed by atoms with Crippen LogP contribution in [-0.4, -0.2) is 29.7 Å². The molecule has 8 nitrogen and oxygen atoms in total. The Hall–Kier alpha value is -4.15. The SMILES string of the molecule is C=CCOC(=O)NCc1ccccc1-c1ccc(C2OC(CSc3cccc[n+]3[O-])CC(c3ccc(CO)cc3)O2)cc1. The normalized spacial score (nSPS) is 18.1. The van der Waals surface area contributed by atoms with Crippen LogP contribution in [0, 0.1) is 5.21 Å². The van der Waals surface area contributed by atoms with Crippen molar-refractivity contribution in [1.82, 2.24) is 5.32 Å². The molecular weight excluding hydrogens is 564 g/mol. The number of benzene rings is 3. The molecule has 0 bridgehead atoms. The van der Waals surface area contributed by atoms with Crippen LogP contribution in [0.2, 0.25) is 0 Å². The Morgan fingerprint density at radius 1 is 1.02 bits per heavy atom. The van der Waals surface area contributed by atoms with Gasteiger partial charge < -0.3 is 29.8 Å². The molecule has 1 amide bonds. The van der Waals surface area contributed by atoms with Crippen molar-refractivity contribution in [3.8, 4) is 11.1 Å². The molecule has 3 aromatic carbocycles. The molecule has 3 atom stereocenters. The van der Waals surface area contributed by atoms with E-state index in [9.17, 15) is 15.1 Å². The van der Waals surface area contributed by atoms with Gasteiger partial charge in [-0.25, -0.2) is 4.79 Å². The van der Waals surface area contributed by atoms with Crippen molar-refractivity contribution in [1.29, 1.82) is 0 Å². The van der Waals surface area contributed by atoms with Crippen LogP contribution in [0.3, 0.4) is 0 Å². The Bertz CT molecular complexity index is 1510. The highest BCUT2D eigenvalue weighted by atomic mass is 32.2. The number of alkyl carbamates (subject to hydrolysis) is 1. The highest BCUT2D eigenvalue weighted by Gasteiger charge is 2.32. The smallest absolute Gasteiger partial charge is 0.407 e. The van der Waals surface area contributed by atoms with Crippen molar-refractivity contribution in [3.63, 3.8) is 0 Å². The summed E-state index contributed by atoms with van der Waals surface area (Å²) in [5.41, 5.74) is 5.65. The minimum atomic E-state index is -0.609. The predicted molar refractivity (Wildman–Crippen MR) is 165 cm³/mol. The van der Waals surface area contributed by atoms with Crippen LogP contribution in [0.25, 0.3) is 11.1 Å². The van der Waals surface area contributed by atoms with Crippen LogP contribution < -0.4 is 10.0 Å². The summed E-state index contributed by atoms with van der Waals surface area (Å²) in [6.07, 6.45) is 2.14. The maximum atomic E-state index is 12.2. The average molecular weight is 599 g/mol. The van der Waals surface area contributed by atoms with Gasteiger partial charge in [0.15, 0.2) is 12.5 Å². The molecule has 9 heteroatoms. The standard InChI is InChI=1S/C34H34N2O6S/c1-2-19-40-34(38)35-21-28-7-3-4-8-30(28)25-14-16-27(17-15-25)33-41-29(23-43-32-9-5-6-18-36(32)39)20-31(42-33)26-12-10-24(22-37)11-13-26/h2-18,29,31,33,37H,1,19-23H2,(H,35,38). The van der Waals surface area contributed by atoms with Gasteiger partial charge in [0, 0.05) is 36.4 Å². The maximum Gasteiger partial charge on any atom is 0.407 e. The summed E-state index contributed by atoms with van der Waals surface area (Å²) in [5.74, 6) is 0.588. The second-order valence-electron chi connectivity index (χ2n) is 10.0. The van der Waals surface area contributed by atoms with Crippen LogP contribution in [0.1, 0.15) is 41.1 Å². The molecular formula is C34H34N2O6S. The van der Waals surface area contributed by atoms with E-state index < -0.39 is 12.4 Å². The number of rotatable bonds is 11. The van der Waals surface area contributed by atoms with Crippen LogP contribution in [-0.2, 0) is 27.4 Å². The first-order valence-electron chi connectivity index (χ1n) is 14.1. The number of hydrogen-bond acceptors (Lipinski definition) is 7. The highest BCUT2D eigenvalue weighted by molar-refractivity contribution is 7.99. The number of amides is 1. The first kappa shape index (κ1) is 30.3. The summed E-state index contributed by atoms with van der Waals surface area (Å²) in [6.45, 7) is 4.01. The van der Waals surface area contributed by atoms with Gasteiger partial charge in [0.2, 0.25) is 0 Å². The number of aliphatic hydroxyl groups excluding tert-OH is 1. The molecule has 1 fully saturated rings. The van der Waals surface area contributed by atoms with Gasteiger partial charge in [-0.2, -0.15) is 4.73 Å². The Morgan fingerprint density at radius 2 is 1.77 bits per heavy atom. The lowest BCUT2D eigenvalue weighted by Gasteiger charge is -2.36. The zero-order chi connectivity index (χ0) is 30.0. The van der Waals surface area contributed by atoms with E-state index in [0.717, 1.165) is 38.1 Å². The van der Waals surface area contributed by atoms with E-state index in [1.807, 2.05) is 78.9 Å². The average Bonchev–Trinajstić information content (AvgIpc) is 3.06. The van der Waals surface area contributed by atoms with Crippen molar-refractivity contribution in [2.75, 3.05) is 12.4 Å². The number of pyridine rings is 1. The van der Waals surface area contributed by atoms with E-state index >= 15 is 0 Å². The van der Waals surface area contributed by atoms with Crippen molar-refractivity contribution in [2.45, 2.75) is 43.1 Å². The Morgan fingerprint density at radius 3 is 2.51 bits per heavy atom. The summed E-state index contributed by atoms with van der Waals surface area (Å²) in [4.78, 5) is 11.9. The fraction of sp³-hybridized carbons (Fsp3) is 0.235. The number of carbonyl (C=O) groups excluding carboxylic acids is 1. The number of thioether (sulfide) groups is 1. The van der Waals surface area contributed by atoms with Gasteiger partial charge in [0.1, 0.15) is 6.61 Å². The van der Waals surface area contributed by atoms with Crippen molar-refractivity contribution < 1.29 is 28.8 Å². The molecule has 1 aromatic heterocycles. The first-order valence-corrected chi connectivity index (χ1v) is 15.0. The summed E-state index contributed by atoms with van der Waals surface area (Å²) in [7, 11) is 0. The molecule has 1 saturated heterocycles. The summed E-state index contributed by atoms with van der Waals surface area (Å²) < 4.78 is 18.8. The van der Waals surface area contributed by atoms with Gasteiger partial charge in [-0.15, -0.1) is 0 Å². The minimum absolute atomic E-state index is 0.0198. The highest BCUT2D eigenvalue weighted by Crippen LogP contribution is 2.39. The summed E-state index contributed by atoms with van der Waals surface area (Å²) in [6, 6.07) is 29.0. The molecule has 43 heavy (non-hydrogen) atoms. The summed E-state index contributed by atoms with van der Waals surface area (Å²) >= 11 is 1.46. The third-order valence-corrected chi connectivity index (χ3v) is 8.24. The van der Waals surface area contributed by atoms with Gasteiger partial charge >= 0.3 is 6.09 Å². The van der Waals surface area contributed by atoms with Gasteiger partial charge in [0.25, 0.3) is 5.03 Å². The molecule has 222 valence electrons. The second-order valence-corrected chi connectivity index (χ2v) is 11.1. The molecule has 3 unspecified atom stereocenters. The van der Waals surface area contributed by atoms with E-state index in [4.69, 9.17) is 14.2 Å². The largest absolute Gasteiger partial charge is 0.618 e. The number of aromatic nitrogens is 1. The quantitative estimate of drug-likeness (QED) is 0.0913. The van der Waals surface area contributed by atoms with Gasteiger partial charge in [0.05, 0.1) is 18.8 Å². The molecule has 2 heterocycles. The van der Waals surface area contributed by atoms with Gasteiger partial charge in [-0.3, -0.25) is 0 Å². The monoisotopic (exact) mass is 598 g/mol. The summed E-state index contributed by atoms with van der Waals surface area (Å²) in [5, 5.41) is 25.1. The molecule has 0 spiro atoms. The molecule has 0 radical (unpaired) electrons. The van der Waals surface area contributed by atoms with Crippen LogP contribution >= 0.6 is 11.8 Å². The number of aliphatic hydroxyl groups is 1. The number of ether oxygens (including phenoxy) is 3. The van der Waals surface area contributed by atoms with E-state index in [2.05, 4.69) is 11.9 Å². The number of carbonyl (C=O) groups is 1. The lowest BCUT2D eigenvalue weighted by atomic mass is 9.98. The first-order chi connectivity index (χ1) is 21.0. The molecule has 1 aliphatic rings. The Labute approximate surface area is 255 Å². The Kier molecular flexibility index (Phi) is 10.5. The van der Waals surface area contributed by atoms with Crippen LogP contribution in [0.4, 0.5) is 4.79 Å². The van der Waals surface area contributed by atoms with Crippen molar-refractivity contribution in [2.24, 2.45) is 0 Å². The van der Waals surface area contributed by atoms with E-state index in [0.29, 0.717) is 23.7 Å². The van der Waals surface area contributed by atoms with Gasteiger partial charge in [-0.1, -0.05) is 97.2 Å². The third-order valence-electron chi connectivity index (χ3n) is 7.09. The lowest BCUT2D eigenvalue weighted by molar-refractivity contribution is -0.645.